The van der Waals surface area contributed by atoms with E-state index in [1.165, 1.54) is 0 Å². The molecular formula is C19H16BrNO4. The summed E-state index contributed by atoms with van der Waals surface area (Å²) in [6, 6.07) is 10.7. The fourth-order valence-electron chi connectivity index (χ4n) is 2.72. The molecule has 3 rings (SSSR count). The van der Waals surface area contributed by atoms with Gasteiger partial charge in [-0.2, -0.15) is 0 Å². The zero-order chi connectivity index (χ0) is 18.0. The molecule has 0 aliphatic carbocycles. The van der Waals surface area contributed by atoms with Gasteiger partial charge in [-0.1, -0.05) is 18.2 Å². The molecule has 0 radical (unpaired) electrons. The first-order valence-electron chi connectivity index (χ1n) is 7.72. The third kappa shape index (κ3) is 3.30. The molecular weight excluding hydrogens is 386 g/mol. The van der Waals surface area contributed by atoms with Gasteiger partial charge in [0.25, 0.3) is 11.8 Å². The van der Waals surface area contributed by atoms with Crippen LogP contribution in [0.2, 0.25) is 0 Å². The van der Waals surface area contributed by atoms with Crippen LogP contribution in [0, 0.1) is 0 Å². The van der Waals surface area contributed by atoms with Gasteiger partial charge in [0, 0.05) is 11.1 Å². The van der Waals surface area contributed by atoms with Gasteiger partial charge in [-0.05, 0) is 58.3 Å². The van der Waals surface area contributed by atoms with Crippen LogP contribution in [-0.4, -0.2) is 25.5 Å². The number of amides is 2. The van der Waals surface area contributed by atoms with Gasteiger partial charge in [0.2, 0.25) is 0 Å². The summed E-state index contributed by atoms with van der Waals surface area (Å²) >= 11 is 3.46. The fraction of sp³-hybridized carbons (Fsp3) is 0.158. The van der Waals surface area contributed by atoms with Gasteiger partial charge in [0.05, 0.1) is 18.2 Å². The van der Waals surface area contributed by atoms with Crippen molar-refractivity contribution in [3.63, 3.8) is 0 Å². The van der Waals surface area contributed by atoms with E-state index in [2.05, 4.69) is 21.2 Å². The third-order valence-corrected chi connectivity index (χ3v) is 4.37. The van der Waals surface area contributed by atoms with Gasteiger partial charge in [-0.25, -0.2) is 0 Å². The highest BCUT2D eigenvalue weighted by Gasteiger charge is 2.26. The molecule has 25 heavy (non-hydrogen) atoms. The van der Waals surface area contributed by atoms with E-state index in [0.717, 1.165) is 5.56 Å². The monoisotopic (exact) mass is 401 g/mol. The fourth-order valence-corrected chi connectivity index (χ4v) is 3.34. The van der Waals surface area contributed by atoms with Crippen LogP contribution in [0.25, 0.3) is 11.6 Å². The Kier molecular flexibility index (Phi) is 4.90. The molecule has 0 bridgehead atoms. The van der Waals surface area contributed by atoms with Crippen molar-refractivity contribution in [2.24, 2.45) is 0 Å². The van der Waals surface area contributed by atoms with E-state index in [9.17, 15) is 9.59 Å². The Labute approximate surface area is 153 Å². The molecule has 6 heteroatoms. The van der Waals surface area contributed by atoms with Crippen LogP contribution in [0.4, 0.5) is 0 Å². The van der Waals surface area contributed by atoms with Gasteiger partial charge in [-0.15, -0.1) is 0 Å². The van der Waals surface area contributed by atoms with Gasteiger partial charge in [0.1, 0.15) is 0 Å². The molecule has 1 heterocycles. The average molecular weight is 402 g/mol. The predicted octanol–water partition coefficient (Wildman–Crippen LogP) is 3.67. The van der Waals surface area contributed by atoms with E-state index in [-0.39, 0.29) is 5.91 Å². The van der Waals surface area contributed by atoms with Gasteiger partial charge in [-0.3, -0.25) is 14.9 Å². The van der Waals surface area contributed by atoms with Crippen LogP contribution in [0.15, 0.2) is 40.9 Å². The van der Waals surface area contributed by atoms with Crippen molar-refractivity contribution < 1.29 is 19.1 Å². The lowest BCUT2D eigenvalue weighted by atomic mass is 9.93. The van der Waals surface area contributed by atoms with Crippen molar-refractivity contribution in [2.45, 2.75) is 6.92 Å². The Hall–Kier alpha value is -2.60. The van der Waals surface area contributed by atoms with Crippen LogP contribution in [-0.2, 0) is 4.79 Å². The lowest BCUT2D eigenvalue weighted by Crippen LogP contribution is -2.36. The summed E-state index contributed by atoms with van der Waals surface area (Å²) in [5.74, 6) is 0.358. The number of halogens is 1. The zero-order valence-electron chi connectivity index (χ0n) is 13.8. The van der Waals surface area contributed by atoms with Crippen molar-refractivity contribution in [1.82, 2.24) is 5.32 Å². The molecule has 2 amide bonds. The molecule has 2 aromatic carbocycles. The van der Waals surface area contributed by atoms with Crippen molar-refractivity contribution >= 4 is 39.4 Å². The van der Waals surface area contributed by atoms with Crippen molar-refractivity contribution in [3.05, 3.63) is 57.6 Å². The summed E-state index contributed by atoms with van der Waals surface area (Å²) in [6.45, 7) is 2.37. The molecule has 0 saturated carbocycles. The molecule has 0 atom stereocenters. The van der Waals surface area contributed by atoms with E-state index < -0.39 is 5.91 Å². The van der Waals surface area contributed by atoms with E-state index in [1.54, 1.807) is 43.5 Å². The molecule has 128 valence electrons. The van der Waals surface area contributed by atoms with Gasteiger partial charge < -0.3 is 9.47 Å². The maximum atomic E-state index is 12.3. The zero-order valence-corrected chi connectivity index (χ0v) is 15.3. The van der Waals surface area contributed by atoms with Crippen molar-refractivity contribution in [2.75, 3.05) is 13.7 Å². The number of rotatable bonds is 4. The number of nitrogens with one attached hydrogen (secondary N) is 1. The Morgan fingerprint density at radius 2 is 1.84 bits per heavy atom. The number of carbonyl (C=O) groups excluding carboxylic acids is 2. The molecule has 0 unspecified atom stereocenters. The normalized spacial score (nSPS) is 14.9. The first kappa shape index (κ1) is 17.2. The maximum absolute atomic E-state index is 12.3. The maximum Gasteiger partial charge on any atom is 0.258 e. The molecule has 2 aromatic rings. The minimum absolute atomic E-state index is 0.385. The molecule has 0 aromatic heterocycles. The second-order valence-corrected chi connectivity index (χ2v) is 6.21. The SMILES string of the molecule is CCOc1cc(C=C2C(=O)NC(=O)c3ccccc32)cc(Br)c1OC. The largest absolute Gasteiger partial charge is 0.492 e. The first-order valence-corrected chi connectivity index (χ1v) is 8.51. The highest BCUT2D eigenvalue weighted by Crippen LogP contribution is 2.38. The highest BCUT2D eigenvalue weighted by molar-refractivity contribution is 9.10. The number of benzene rings is 2. The lowest BCUT2D eigenvalue weighted by molar-refractivity contribution is -0.114. The van der Waals surface area contributed by atoms with Crippen molar-refractivity contribution in [1.29, 1.82) is 0 Å². The van der Waals surface area contributed by atoms with Crippen LogP contribution < -0.4 is 14.8 Å². The van der Waals surface area contributed by atoms with E-state index >= 15 is 0 Å². The van der Waals surface area contributed by atoms with E-state index in [0.29, 0.717) is 39.3 Å². The molecule has 0 saturated heterocycles. The van der Waals surface area contributed by atoms with Crippen LogP contribution >= 0.6 is 15.9 Å². The number of hydrogen-bond donors (Lipinski definition) is 1. The number of fused-ring (bicyclic) bond motifs is 1. The van der Waals surface area contributed by atoms with E-state index in [4.69, 9.17) is 9.47 Å². The number of imide groups is 1. The summed E-state index contributed by atoms with van der Waals surface area (Å²) < 4.78 is 11.7. The Morgan fingerprint density at radius 1 is 1.12 bits per heavy atom. The lowest BCUT2D eigenvalue weighted by Gasteiger charge is -2.18. The van der Waals surface area contributed by atoms with Gasteiger partial charge >= 0.3 is 0 Å². The summed E-state index contributed by atoms with van der Waals surface area (Å²) in [6.07, 6.45) is 1.73. The topological polar surface area (TPSA) is 64.6 Å². The smallest absolute Gasteiger partial charge is 0.258 e. The second kappa shape index (κ2) is 7.11. The standard InChI is InChI=1S/C19H16BrNO4/c1-3-25-16-10-11(9-15(20)17(16)24-2)8-14-12-6-4-5-7-13(12)18(22)21-19(14)23/h4-10H,3H2,1-2H3,(H,21,22,23). The Balaban J connectivity index is 2.13. The van der Waals surface area contributed by atoms with Gasteiger partial charge in [0.15, 0.2) is 11.5 Å². The Morgan fingerprint density at radius 3 is 2.52 bits per heavy atom. The summed E-state index contributed by atoms with van der Waals surface area (Å²) in [7, 11) is 1.57. The average Bonchev–Trinajstić information content (AvgIpc) is 2.59. The predicted molar refractivity (Wildman–Crippen MR) is 98.6 cm³/mol. The number of carbonyl (C=O) groups is 2. The number of hydrogen-bond acceptors (Lipinski definition) is 4. The number of methoxy groups -OCH3 is 1. The minimum Gasteiger partial charge on any atom is -0.492 e. The summed E-state index contributed by atoms with van der Waals surface area (Å²) in [5, 5.41) is 2.37. The number of ether oxygens (including phenoxy) is 2. The van der Waals surface area contributed by atoms with Crippen LogP contribution in [0.1, 0.15) is 28.4 Å². The molecule has 1 aliphatic heterocycles. The first-order chi connectivity index (χ1) is 12.0. The Bertz CT molecular complexity index is 889. The van der Waals surface area contributed by atoms with Crippen LogP contribution in [0.5, 0.6) is 11.5 Å². The molecule has 0 spiro atoms. The van der Waals surface area contributed by atoms with Crippen molar-refractivity contribution in [3.8, 4) is 11.5 Å². The quantitative estimate of drug-likeness (QED) is 0.626. The highest BCUT2D eigenvalue weighted by atomic mass is 79.9. The minimum atomic E-state index is -0.423. The molecule has 5 nitrogen and oxygen atoms in total. The van der Waals surface area contributed by atoms with Crippen LogP contribution in [0.3, 0.4) is 0 Å². The molecule has 1 N–H and O–H groups in total. The third-order valence-electron chi connectivity index (χ3n) is 3.78. The molecule has 0 fully saturated rings. The second-order valence-electron chi connectivity index (χ2n) is 5.35. The summed E-state index contributed by atoms with van der Waals surface area (Å²) in [4.78, 5) is 24.3. The molecule has 1 aliphatic rings. The summed E-state index contributed by atoms with van der Waals surface area (Å²) in [5.41, 5.74) is 2.27. The van der Waals surface area contributed by atoms with E-state index in [1.807, 2.05) is 13.0 Å².